The number of pyridine rings is 1. The van der Waals surface area contributed by atoms with Crippen molar-refractivity contribution >= 4 is 32.7 Å². The largest absolute Gasteiger partial charge is 0.473 e. The van der Waals surface area contributed by atoms with Crippen molar-refractivity contribution in [2.45, 2.75) is 44.8 Å². The molecule has 1 amide bonds. The fourth-order valence-corrected chi connectivity index (χ4v) is 6.19. The van der Waals surface area contributed by atoms with E-state index in [-0.39, 0.29) is 12.2 Å². The summed E-state index contributed by atoms with van der Waals surface area (Å²) in [6.45, 7) is 2.97. The van der Waals surface area contributed by atoms with Gasteiger partial charge in [0.05, 0.1) is 21.4 Å². The molecule has 12 heteroatoms. The highest BCUT2D eigenvalue weighted by atomic mass is 32.2. The summed E-state index contributed by atoms with van der Waals surface area (Å²) in [5, 5.41) is 20.4. The number of ether oxygens (including phenoxy) is 1. The lowest BCUT2D eigenvalue weighted by molar-refractivity contribution is 0.0647. The van der Waals surface area contributed by atoms with Crippen molar-refractivity contribution in [1.82, 2.24) is 24.9 Å². The van der Waals surface area contributed by atoms with Crippen LogP contribution in [0.25, 0.3) is 5.52 Å². The van der Waals surface area contributed by atoms with Gasteiger partial charge in [0, 0.05) is 37.0 Å². The minimum atomic E-state index is -2.56. The van der Waals surface area contributed by atoms with E-state index in [2.05, 4.69) is 30.1 Å². The van der Waals surface area contributed by atoms with Crippen LogP contribution in [0.4, 0.5) is 11.5 Å². The second-order valence-corrected chi connectivity index (χ2v) is 11.5. The molecule has 5 rings (SSSR count). The van der Waals surface area contributed by atoms with Crippen LogP contribution in [0.1, 0.15) is 41.6 Å². The molecule has 0 spiro atoms. The van der Waals surface area contributed by atoms with E-state index in [0.717, 1.165) is 12.8 Å². The van der Waals surface area contributed by atoms with Crippen molar-refractivity contribution in [3.05, 3.63) is 42.0 Å². The van der Waals surface area contributed by atoms with Crippen molar-refractivity contribution < 1.29 is 18.8 Å². The molecule has 0 radical (unpaired) electrons. The number of carbonyl (C=O) groups excluding carboxylic acids is 1. The molecule has 186 valence electrons. The Kier molecular flexibility index (Phi) is 6.67. The van der Waals surface area contributed by atoms with Gasteiger partial charge in [0.15, 0.2) is 5.82 Å². The molecule has 11 nitrogen and oxygen atoms in total. The Morgan fingerprint density at radius 1 is 1.26 bits per heavy atom. The average Bonchev–Trinajstić information content (AvgIpc) is 3.19. The second-order valence-electron chi connectivity index (χ2n) is 8.93. The molecule has 3 aromatic rings. The molecule has 1 aliphatic heterocycles. The molecule has 2 fully saturated rings. The van der Waals surface area contributed by atoms with Crippen LogP contribution in [0, 0.1) is 6.92 Å². The molecule has 35 heavy (non-hydrogen) atoms. The molecular formula is C23H29N7O4S. The van der Waals surface area contributed by atoms with Crippen molar-refractivity contribution in [1.29, 1.82) is 0 Å². The third kappa shape index (κ3) is 5.14. The summed E-state index contributed by atoms with van der Waals surface area (Å²) in [6.07, 6.45) is 7.32. The van der Waals surface area contributed by atoms with Crippen LogP contribution in [0.5, 0.6) is 5.88 Å². The molecule has 2 aliphatic rings. The highest BCUT2D eigenvalue weighted by molar-refractivity contribution is 7.94. The predicted molar refractivity (Wildman–Crippen MR) is 132 cm³/mol. The normalized spacial score (nSPS) is 22.0. The number of fused-ring (bicyclic) bond motifs is 1. The summed E-state index contributed by atoms with van der Waals surface area (Å²) in [5.74, 6) is 1.16. The first-order chi connectivity index (χ1) is 16.9. The number of amides is 1. The Morgan fingerprint density at radius 3 is 2.80 bits per heavy atom. The van der Waals surface area contributed by atoms with Gasteiger partial charge in [-0.1, -0.05) is 0 Å². The molecular weight excluding hydrogens is 470 g/mol. The minimum Gasteiger partial charge on any atom is -0.473 e. The zero-order valence-corrected chi connectivity index (χ0v) is 20.3. The van der Waals surface area contributed by atoms with Crippen LogP contribution >= 0.6 is 0 Å². The number of aliphatic hydroxyl groups is 1. The minimum absolute atomic E-state index is 0.0166. The molecule has 3 N–H and O–H groups in total. The Morgan fingerprint density at radius 2 is 2.03 bits per heavy atom. The second kappa shape index (κ2) is 9.88. The van der Waals surface area contributed by atoms with Gasteiger partial charge in [-0.15, -0.1) is 0 Å². The molecule has 0 unspecified atom stereocenters. The summed E-state index contributed by atoms with van der Waals surface area (Å²) in [7, 11) is -2.56. The van der Waals surface area contributed by atoms with E-state index in [9.17, 15) is 14.1 Å². The first-order valence-corrected chi connectivity index (χ1v) is 13.6. The number of aryl methyl sites for hydroxylation is 1. The maximum atomic E-state index is 13.0. The van der Waals surface area contributed by atoms with Crippen molar-refractivity contribution in [3.63, 3.8) is 0 Å². The zero-order valence-electron chi connectivity index (χ0n) is 19.5. The summed E-state index contributed by atoms with van der Waals surface area (Å²) in [4.78, 5) is 21.8. The van der Waals surface area contributed by atoms with Crippen LogP contribution in [0.15, 0.2) is 35.2 Å². The maximum absolute atomic E-state index is 13.0. The Labute approximate surface area is 203 Å². The van der Waals surface area contributed by atoms with E-state index in [1.807, 2.05) is 6.07 Å². The van der Waals surface area contributed by atoms with Gasteiger partial charge < -0.3 is 20.5 Å². The van der Waals surface area contributed by atoms with Crippen molar-refractivity contribution in [2.24, 2.45) is 4.36 Å². The lowest BCUT2D eigenvalue weighted by atomic mass is 9.95. The van der Waals surface area contributed by atoms with Crippen molar-refractivity contribution in [2.75, 3.05) is 29.9 Å². The standard InChI is InChI=1S/C23H29N7O4S/c1-15-18(22(32)29-35(33)11-9-24-10-12-35)13-30-20(15)21(26-14-27-30)28-19-3-2-8-25-23(19)34-17-6-4-16(31)5-7-17/h2-3,8,13-14,16-17,24,31H,4-7,9-12H2,1H3,(H,26,27,28)/t16-,17-. The number of nitrogens with zero attached hydrogens (tertiary/aromatic N) is 5. The van der Waals surface area contributed by atoms with E-state index < -0.39 is 15.6 Å². The lowest BCUT2D eigenvalue weighted by Crippen LogP contribution is -2.36. The van der Waals surface area contributed by atoms with Gasteiger partial charge in [-0.3, -0.25) is 4.79 Å². The van der Waals surface area contributed by atoms with Gasteiger partial charge in [-0.2, -0.15) is 9.46 Å². The molecule has 1 saturated carbocycles. The molecule has 1 saturated heterocycles. The number of aromatic nitrogens is 4. The van der Waals surface area contributed by atoms with E-state index in [4.69, 9.17) is 4.74 Å². The molecule has 0 aromatic carbocycles. The summed E-state index contributed by atoms with van der Waals surface area (Å²) in [5.41, 5.74) is 2.24. The summed E-state index contributed by atoms with van der Waals surface area (Å²) in [6, 6.07) is 3.65. The van der Waals surface area contributed by atoms with E-state index in [0.29, 0.717) is 71.5 Å². The van der Waals surface area contributed by atoms with Crippen LogP contribution < -0.4 is 15.4 Å². The molecule has 1 aliphatic carbocycles. The highest BCUT2D eigenvalue weighted by Crippen LogP contribution is 2.31. The number of rotatable bonds is 5. The van der Waals surface area contributed by atoms with E-state index >= 15 is 0 Å². The van der Waals surface area contributed by atoms with E-state index in [1.54, 1.807) is 29.9 Å². The zero-order chi connectivity index (χ0) is 24.4. The Hall–Kier alpha value is -3.09. The number of hydrogen-bond acceptors (Lipinski definition) is 9. The molecule has 4 heterocycles. The number of anilines is 2. The van der Waals surface area contributed by atoms with Crippen LogP contribution in [0.3, 0.4) is 0 Å². The van der Waals surface area contributed by atoms with E-state index in [1.165, 1.54) is 6.33 Å². The SMILES string of the molecule is Cc1c(C(=O)N=S2(=O)CCNCC2)cn2ncnc(Nc3cccnc3O[C@H]3CC[C@H](O)CC3)c12. The first kappa shape index (κ1) is 23.6. The highest BCUT2D eigenvalue weighted by Gasteiger charge is 2.24. The molecule has 3 aromatic heterocycles. The van der Waals surface area contributed by atoms with Gasteiger partial charge in [0.25, 0.3) is 5.91 Å². The monoisotopic (exact) mass is 499 g/mol. The predicted octanol–water partition coefficient (Wildman–Crippen LogP) is 2.07. The number of carbonyl (C=O) groups is 1. The van der Waals surface area contributed by atoms with Crippen LogP contribution in [-0.4, -0.2) is 71.6 Å². The average molecular weight is 500 g/mol. The Balaban J connectivity index is 1.44. The third-order valence-corrected chi connectivity index (χ3v) is 8.63. The lowest BCUT2D eigenvalue weighted by Gasteiger charge is -2.26. The van der Waals surface area contributed by atoms with Gasteiger partial charge in [0.1, 0.15) is 23.6 Å². The smallest absolute Gasteiger partial charge is 0.287 e. The molecule has 0 bridgehead atoms. The first-order valence-electron chi connectivity index (χ1n) is 11.8. The summed E-state index contributed by atoms with van der Waals surface area (Å²) < 4.78 is 24.8. The Bertz CT molecular complexity index is 1350. The third-order valence-electron chi connectivity index (χ3n) is 6.45. The van der Waals surface area contributed by atoms with Gasteiger partial charge in [-0.05, 0) is 50.3 Å². The van der Waals surface area contributed by atoms with Gasteiger partial charge >= 0.3 is 0 Å². The van der Waals surface area contributed by atoms with Crippen LogP contribution in [0.2, 0.25) is 0 Å². The fraction of sp³-hybridized carbons (Fsp3) is 0.478. The van der Waals surface area contributed by atoms with Crippen LogP contribution in [-0.2, 0) is 9.73 Å². The number of hydrogen-bond donors (Lipinski definition) is 3. The van der Waals surface area contributed by atoms with Crippen molar-refractivity contribution in [3.8, 4) is 5.88 Å². The quantitative estimate of drug-likeness (QED) is 0.481. The van der Waals surface area contributed by atoms with Gasteiger partial charge in [0.2, 0.25) is 5.88 Å². The number of aliphatic hydroxyl groups excluding tert-OH is 1. The fourth-order valence-electron chi connectivity index (χ4n) is 4.48. The summed E-state index contributed by atoms with van der Waals surface area (Å²) >= 11 is 0. The topological polar surface area (TPSA) is 143 Å². The van der Waals surface area contributed by atoms with Gasteiger partial charge in [-0.25, -0.2) is 18.7 Å². The molecule has 0 atom stereocenters. The number of nitrogens with one attached hydrogen (secondary N) is 2. The maximum Gasteiger partial charge on any atom is 0.287 e.